The molecular formula is C8H14N2O. The summed E-state index contributed by atoms with van der Waals surface area (Å²) in [7, 11) is 0. The molecule has 62 valence electrons. The number of rotatable bonds is 3. The molecule has 0 spiro atoms. The van der Waals surface area contributed by atoms with Gasteiger partial charge in [0, 0.05) is 0 Å². The van der Waals surface area contributed by atoms with Gasteiger partial charge in [-0.2, -0.15) is 0 Å². The Morgan fingerprint density at radius 2 is 2.73 bits per heavy atom. The third-order valence-electron chi connectivity index (χ3n) is 1.68. The fraction of sp³-hybridized carbons (Fsp3) is 0.625. The summed E-state index contributed by atoms with van der Waals surface area (Å²) >= 11 is 0. The van der Waals surface area contributed by atoms with Crippen LogP contribution in [0.15, 0.2) is 17.6 Å². The van der Waals surface area contributed by atoms with Crippen LogP contribution in [0, 0.1) is 0 Å². The minimum atomic E-state index is -0.468. The summed E-state index contributed by atoms with van der Waals surface area (Å²) in [5.41, 5.74) is 0. The molecule has 11 heavy (non-hydrogen) atoms. The molecule has 1 aliphatic rings. The molecule has 0 bridgehead atoms. The minimum Gasteiger partial charge on any atom is -0.386 e. The Balaban J connectivity index is 2.36. The predicted molar refractivity (Wildman–Crippen MR) is 45.7 cm³/mol. The average molecular weight is 154 g/mol. The molecule has 2 atom stereocenters. The van der Waals surface area contributed by atoms with E-state index in [1.165, 1.54) is 0 Å². The maximum atomic E-state index is 9.12. The van der Waals surface area contributed by atoms with Gasteiger partial charge in [0.15, 0.2) is 0 Å². The van der Waals surface area contributed by atoms with Crippen molar-refractivity contribution in [3.8, 4) is 0 Å². The van der Waals surface area contributed by atoms with Crippen LogP contribution >= 0.6 is 0 Å². The van der Waals surface area contributed by atoms with Gasteiger partial charge in [-0.15, -0.1) is 6.58 Å². The second-order valence-electron chi connectivity index (χ2n) is 2.77. The molecule has 1 aliphatic heterocycles. The smallest absolute Gasteiger partial charge is 0.126 e. The van der Waals surface area contributed by atoms with Crippen LogP contribution in [-0.4, -0.2) is 29.6 Å². The molecule has 0 saturated carbocycles. The van der Waals surface area contributed by atoms with Crippen LogP contribution in [0.25, 0.3) is 0 Å². The van der Waals surface area contributed by atoms with Crippen LogP contribution in [0.5, 0.6) is 0 Å². The van der Waals surface area contributed by atoms with E-state index in [0.29, 0.717) is 11.9 Å². The molecular weight excluding hydrogens is 140 g/mol. The molecule has 1 heterocycles. The normalized spacial score (nSPS) is 25.6. The standard InChI is InChI=1S/C8H14N2O/c1-3-4-7-5-9-8(10-7)6(2)11/h3,6-7,11H,1,4-5H2,2H3,(H,9,10). The third-order valence-corrected chi connectivity index (χ3v) is 1.68. The van der Waals surface area contributed by atoms with Crippen molar-refractivity contribution in [2.45, 2.75) is 25.5 Å². The molecule has 3 heteroatoms. The summed E-state index contributed by atoms with van der Waals surface area (Å²) in [5.74, 6) is 0.705. The first-order chi connectivity index (χ1) is 5.24. The molecule has 0 fully saturated rings. The zero-order valence-corrected chi connectivity index (χ0v) is 6.75. The van der Waals surface area contributed by atoms with Crippen molar-refractivity contribution in [1.29, 1.82) is 0 Å². The van der Waals surface area contributed by atoms with Gasteiger partial charge in [-0.05, 0) is 13.3 Å². The second kappa shape index (κ2) is 3.53. The highest BCUT2D eigenvalue weighted by Gasteiger charge is 2.18. The van der Waals surface area contributed by atoms with Crippen LogP contribution in [0.1, 0.15) is 13.3 Å². The lowest BCUT2D eigenvalue weighted by atomic mass is 10.2. The Morgan fingerprint density at radius 3 is 3.18 bits per heavy atom. The van der Waals surface area contributed by atoms with E-state index in [1.807, 2.05) is 6.08 Å². The van der Waals surface area contributed by atoms with Gasteiger partial charge in [0.2, 0.25) is 0 Å². The van der Waals surface area contributed by atoms with Crippen molar-refractivity contribution in [1.82, 2.24) is 5.32 Å². The van der Waals surface area contributed by atoms with Gasteiger partial charge in [0.05, 0.1) is 12.6 Å². The number of aliphatic imine (C=N–C) groups is 1. The Kier molecular flexibility index (Phi) is 2.65. The molecule has 0 amide bonds. The van der Waals surface area contributed by atoms with Gasteiger partial charge in [-0.25, -0.2) is 0 Å². The van der Waals surface area contributed by atoms with Gasteiger partial charge in [0.25, 0.3) is 0 Å². The number of aliphatic hydroxyl groups excluding tert-OH is 1. The SMILES string of the molecule is C=CCC1CN=C(C(C)O)N1. The summed E-state index contributed by atoms with van der Waals surface area (Å²) < 4.78 is 0. The minimum absolute atomic E-state index is 0.345. The van der Waals surface area contributed by atoms with Crippen molar-refractivity contribution in [2.24, 2.45) is 4.99 Å². The van der Waals surface area contributed by atoms with E-state index >= 15 is 0 Å². The summed E-state index contributed by atoms with van der Waals surface area (Å²) in [6.07, 6.45) is 2.29. The molecule has 0 aliphatic carbocycles. The summed E-state index contributed by atoms with van der Waals surface area (Å²) in [6, 6.07) is 0.345. The van der Waals surface area contributed by atoms with Crippen LogP contribution in [0.4, 0.5) is 0 Å². The highest BCUT2D eigenvalue weighted by atomic mass is 16.3. The van der Waals surface area contributed by atoms with Crippen LogP contribution in [0.2, 0.25) is 0 Å². The highest BCUT2D eigenvalue weighted by molar-refractivity contribution is 5.87. The second-order valence-corrected chi connectivity index (χ2v) is 2.77. The van der Waals surface area contributed by atoms with E-state index in [-0.39, 0.29) is 0 Å². The number of amidine groups is 1. The lowest BCUT2D eigenvalue weighted by Gasteiger charge is -2.10. The van der Waals surface area contributed by atoms with Gasteiger partial charge < -0.3 is 10.4 Å². The van der Waals surface area contributed by atoms with Crippen molar-refractivity contribution < 1.29 is 5.11 Å². The molecule has 2 N–H and O–H groups in total. The highest BCUT2D eigenvalue weighted by Crippen LogP contribution is 2.02. The van der Waals surface area contributed by atoms with E-state index in [0.717, 1.165) is 13.0 Å². The molecule has 0 aromatic heterocycles. The van der Waals surface area contributed by atoms with Crippen LogP contribution in [-0.2, 0) is 0 Å². The fourth-order valence-electron chi connectivity index (χ4n) is 1.10. The summed E-state index contributed by atoms with van der Waals surface area (Å²) in [5, 5.41) is 12.2. The van der Waals surface area contributed by atoms with Crippen LogP contribution < -0.4 is 5.32 Å². The van der Waals surface area contributed by atoms with E-state index < -0.39 is 6.10 Å². The fourth-order valence-corrected chi connectivity index (χ4v) is 1.10. The van der Waals surface area contributed by atoms with Gasteiger partial charge in [0.1, 0.15) is 11.9 Å². The van der Waals surface area contributed by atoms with E-state index in [1.54, 1.807) is 6.92 Å². The Bertz CT molecular complexity index is 175. The summed E-state index contributed by atoms with van der Waals surface area (Å²) in [4.78, 5) is 4.14. The average Bonchev–Trinajstić information content (AvgIpc) is 2.37. The Labute approximate surface area is 66.8 Å². The largest absolute Gasteiger partial charge is 0.386 e. The van der Waals surface area contributed by atoms with Crippen molar-refractivity contribution >= 4 is 5.84 Å². The Hall–Kier alpha value is -0.830. The summed E-state index contributed by atoms with van der Waals surface area (Å²) in [6.45, 7) is 6.11. The molecule has 1 rings (SSSR count). The number of nitrogens with one attached hydrogen (secondary N) is 1. The van der Waals surface area contributed by atoms with Gasteiger partial charge in [-0.1, -0.05) is 6.08 Å². The third kappa shape index (κ3) is 2.05. The quantitative estimate of drug-likeness (QED) is 0.575. The van der Waals surface area contributed by atoms with Crippen LogP contribution in [0.3, 0.4) is 0 Å². The number of nitrogens with zero attached hydrogens (tertiary/aromatic N) is 1. The lowest BCUT2D eigenvalue weighted by molar-refractivity contribution is 0.258. The van der Waals surface area contributed by atoms with Crippen molar-refractivity contribution in [2.75, 3.05) is 6.54 Å². The van der Waals surface area contributed by atoms with E-state index in [2.05, 4.69) is 16.9 Å². The first kappa shape index (κ1) is 8.27. The topological polar surface area (TPSA) is 44.6 Å². The molecule has 0 aromatic carbocycles. The van der Waals surface area contributed by atoms with Crippen molar-refractivity contribution in [3.05, 3.63) is 12.7 Å². The predicted octanol–water partition coefficient (Wildman–Crippen LogP) is 0.314. The van der Waals surface area contributed by atoms with Gasteiger partial charge >= 0.3 is 0 Å². The first-order valence-corrected chi connectivity index (χ1v) is 3.84. The lowest BCUT2D eigenvalue weighted by Crippen LogP contribution is -2.35. The molecule has 0 aromatic rings. The monoisotopic (exact) mass is 154 g/mol. The molecule has 0 radical (unpaired) electrons. The molecule has 0 saturated heterocycles. The van der Waals surface area contributed by atoms with E-state index in [4.69, 9.17) is 5.11 Å². The maximum Gasteiger partial charge on any atom is 0.126 e. The van der Waals surface area contributed by atoms with Crippen molar-refractivity contribution in [3.63, 3.8) is 0 Å². The van der Waals surface area contributed by atoms with Gasteiger partial charge in [-0.3, -0.25) is 4.99 Å². The number of aliphatic hydroxyl groups is 1. The molecule has 3 nitrogen and oxygen atoms in total. The zero-order valence-electron chi connectivity index (χ0n) is 6.75. The Morgan fingerprint density at radius 1 is 2.00 bits per heavy atom. The maximum absolute atomic E-state index is 9.12. The van der Waals surface area contributed by atoms with E-state index in [9.17, 15) is 0 Å². The first-order valence-electron chi connectivity index (χ1n) is 3.84. The molecule has 2 unspecified atom stereocenters. The number of hydrogen-bond donors (Lipinski definition) is 2. The number of hydrogen-bond acceptors (Lipinski definition) is 3. The zero-order chi connectivity index (χ0) is 8.27.